The molecule has 0 saturated carbocycles. The van der Waals surface area contributed by atoms with E-state index in [0.29, 0.717) is 5.02 Å². The van der Waals surface area contributed by atoms with Gasteiger partial charge in [-0.2, -0.15) is 0 Å². The Morgan fingerprint density at radius 1 is 1.24 bits per heavy atom. The SMILES string of the molecule is CC(Sc1nc2cc(Cl)ccc2s1)C(=O)c1ccccc1. The highest BCUT2D eigenvalue weighted by Gasteiger charge is 2.18. The molecule has 0 spiro atoms. The van der Waals surface area contributed by atoms with Gasteiger partial charge in [0.1, 0.15) is 0 Å². The maximum Gasteiger partial charge on any atom is 0.175 e. The average Bonchev–Trinajstić information content (AvgIpc) is 2.88. The monoisotopic (exact) mass is 333 g/mol. The second-order valence-corrected chi connectivity index (χ2v) is 7.64. The van der Waals surface area contributed by atoms with Crippen molar-refractivity contribution in [2.45, 2.75) is 16.5 Å². The molecule has 21 heavy (non-hydrogen) atoms. The van der Waals surface area contributed by atoms with Gasteiger partial charge in [0.15, 0.2) is 10.1 Å². The van der Waals surface area contributed by atoms with Gasteiger partial charge in [-0.15, -0.1) is 11.3 Å². The van der Waals surface area contributed by atoms with Crippen LogP contribution in [0.15, 0.2) is 52.9 Å². The summed E-state index contributed by atoms with van der Waals surface area (Å²) in [7, 11) is 0. The maximum atomic E-state index is 12.4. The smallest absolute Gasteiger partial charge is 0.175 e. The van der Waals surface area contributed by atoms with Crippen LogP contribution >= 0.6 is 34.7 Å². The third-order valence-electron chi connectivity index (χ3n) is 3.04. The Balaban J connectivity index is 1.80. The first kappa shape index (κ1) is 14.6. The first-order valence-corrected chi connectivity index (χ1v) is 8.53. The molecule has 3 aromatic rings. The van der Waals surface area contributed by atoms with Gasteiger partial charge in [-0.05, 0) is 25.1 Å². The molecule has 0 amide bonds. The number of aromatic nitrogens is 1. The number of rotatable bonds is 4. The van der Waals surface area contributed by atoms with E-state index in [-0.39, 0.29) is 11.0 Å². The molecule has 0 aliphatic rings. The summed E-state index contributed by atoms with van der Waals surface area (Å²) in [6.07, 6.45) is 0. The second-order valence-electron chi connectivity index (χ2n) is 4.58. The van der Waals surface area contributed by atoms with Crippen molar-refractivity contribution in [3.63, 3.8) is 0 Å². The largest absolute Gasteiger partial charge is 0.293 e. The number of hydrogen-bond donors (Lipinski definition) is 0. The van der Waals surface area contributed by atoms with E-state index in [1.807, 2.05) is 55.5 Å². The van der Waals surface area contributed by atoms with Crippen molar-refractivity contribution in [2.24, 2.45) is 0 Å². The van der Waals surface area contributed by atoms with Crippen molar-refractivity contribution in [1.29, 1.82) is 0 Å². The van der Waals surface area contributed by atoms with Gasteiger partial charge in [0.25, 0.3) is 0 Å². The molecule has 3 rings (SSSR count). The molecular weight excluding hydrogens is 322 g/mol. The average molecular weight is 334 g/mol. The number of benzene rings is 2. The van der Waals surface area contributed by atoms with Gasteiger partial charge in [-0.1, -0.05) is 53.7 Å². The normalized spacial score (nSPS) is 12.5. The number of halogens is 1. The Morgan fingerprint density at radius 2 is 2.00 bits per heavy atom. The molecule has 0 N–H and O–H groups in total. The van der Waals surface area contributed by atoms with Crippen molar-refractivity contribution < 1.29 is 4.79 Å². The van der Waals surface area contributed by atoms with Gasteiger partial charge in [0, 0.05) is 10.6 Å². The summed E-state index contributed by atoms with van der Waals surface area (Å²) in [5, 5.41) is 0.515. The minimum Gasteiger partial charge on any atom is -0.293 e. The Morgan fingerprint density at radius 3 is 2.76 bits per heavy atom. The Bertz CT molecular complexity index is 785. The van der Waals surface area contributed by atoms with E-state index >= 15 is 0 Å². The molecule has 0 fully saturated rings. The first-order valence-electron chi connectivity index (χ1n) is 6.45. The number of ketones is 1. The quantitative estimate of drug-likeness (QED) is 0.478. The zero-order valence-corrected chi connectivity index (χ0v) is 13.6. The Kier molecular flexibility index (Phi) is 4.29. The molecular formula is C16H12ClNOS2. The zero-order chi connectivity index (χ0) is 14.8. The fourth-order valence-corrected chi connectivity index (χ4v) is 4.41. The predicted octanol–water partition coefficient (Wildman–Crippen LogP) is 5.31. The molecule has 2 aromatic carbocycles. The number of thiazole rings is 1. The van der Waals surface area contributed by atoms with Crippen molar-refractivity contribution >= 4 is 50.7 Å². The standard InChI is InChI=1S/C16H12ClNOS2/c1-10(15(19)11-5-3-2-4-6-11)20-16-18-13-9-12(17)7-8-14(13)21-16/h2-10H,1H3. The van der Waals surface area contributed by atoms with Crippen LogP contribution < -0.4 is 0 Å². The Labute approximate surface area is 136 Å². The fourth-order valence-electron chi connectivity index (χ4n) is 1.97. The zero-order valence-electron chi connectivity index (χ0n) is 11.2. The Hall–Kier alpha value is -1.36. The van der Waals surface area contributed by atoms with E-state index in [4.69, 9.17) is 11.6 Å². The fraction of sp³-hybridized carbons (Fsp3) is 0.125. The van der Waals surface area contributed by atoms with Crippen molar-refractivity contribution in [1.82, 2.24) is 4.98 Å². The lowest BCUT2D eigenvalue weighted by Gasteiger charge is -2.07. The number of nitrogens with zero attached hydrogens (tertiary/aromatic N) is 1. The first-order chi connectivity index (χ1) is 10.1. The highest BCUT2D eigenvalue weighted by atomic mass is 35.5. The van der Waals surface area contributed by atoms with Crippen molar-refractivity contribution in [3.05, 3.63) is 59.1 Å². The van der Waals surface area contributed by atoms with Crippen LogP contribution in [0.3, 0.4) is 0 Å². The van der Waals surface area contributed by atoms with Crippen LogP contribution in [0.25, 0.3) is 10.2 Å². The lowest BCUT2D eigenvalue weighted by atomic mass is 10.1. The van der Waals surface area contributed by atoms with Gasteiger partial charge in [-0.3, -0.25) is 4.79 Å². The van der Waals surface area contributed by atoms with Crippen LogP contribution in [0.1, 0.15) is 17.3 Å². The van der Waals surface area contributed by atoms with Crippen LogP contribution in [0, 0.1) is 0 Å². The summed E-state index contributed by atoms with van der Waals surface area (Å²) in [4.78, 5) is 16.9. The lowest BCUT2D eigenvalue weighted by molar-refractivity contribution is 0.0994. The van der Waals surface area contributed by atoms with Crippen LogP contribution in [0.4, 0.5) is 0 Å². The number of carbonyl (C=O) groups excluding carboxylic acids is 1. The van der Waals surface area contributed by atoms with Gasteiger partial charge >= 0.3 is 0 Å². The van der Waals surface area contributed by atoms with Gasteiger partial charge < -0.3 is 0 Å². The van der Waals surface area contributed by atoms with E-state index in [1.165, 1.54) is 11.8 Å². The summed E-state index contributed by atoms with van der Waals surface area (Å²) in [6.45, 7) is 1.92. The summed E-state index contributed by atoms with van der Waals surface area (Å²) in [5.41, 5.74) is 1.62. The van der Waals surface area contributed by atoms with Gasteiger partial charge in [0.05, 0.1) is 15.5 Å². The maximum absolute atomic E-state index is 12.4. The highest BCUT2D eigenvalue weighted by molar-refractivity contribution is 8.02. The number of Topliss-reactive ketones (excluding diaryl/α,β-unsaturated/α-hetero) is 1. The van der Waals surface area contributed by atoms with Gasteiger partial charge in [-0.25, -0.2) is 4.98 Å². The molecule has 1 heterocycles. The van der Waals surface area contributed by atoms with Crippen LogP contribution in [-0.2, 0) is 0 Å². The molecule has 0 aliphatic carbocycles. The summed E-state index contributed by atoms with van der Waals surface area (Å²) >= 11 is 9.05. The van der Waals surface area contributed by atoms with Crippen molar-refractivity contribution in [2.75, 3.05) is 0 Å². The molecule has 0 aliphatic heterocycles. The van der Waals surface area contributed by atoms with Crippen LogP contribution in [0.5, 0.6) is 0 Å². The van der Waals surface area contributed by atoms with E-state index in [1.54, 1.807) is 11.3 Å². The second kappa shape index (κ2) is 6.18. The van der Waals surface area contributed by atoms with E-state index in [9.17, 15) is 4.79 Å². The molecule has 1 unspecified atom stereocenters. The number of hydrogen-bond acceptors (Lipinski definition) is 4. The topological polar surface area (TPSA) is 30.0 Å². The van der Waals surface area contributed by atoms with E-state index in [0.717, 1.165) is 20.1 Å². The van der Waals surface area contributed by atoms with Crippen LogP contribution in [-0.4, -0.2) is 16.0 Å². The van der Waals surface area contributed by atoms with E-state index in [2.05, 4.69) is 4.98 Å². The molecule has 1 atom stereocenters. The number of fused-ring (bicyclic) bond motifs is 1. The molecule has 0 saturated heterocycles. The minimum absolute atomic E-state index is 0.123. The van der Waals surface area contributed by atoms with Gasteiger partial charge in [0.2, 0.25) is 0 Å². The molecule has 1 aromatic heterocycles. The van der Waals surface area contributed by atoms with E-state index < -0.39 is 0 Å². The predicted molar refractivity (Wildman–Crippen MR) is 90.7 cm³/mol. The number of carbonyl (C=O) groups is 1. The molecule has 0 radical (unpaired) electrons. The van der Waals surface area contributed by atoms with Crippen molar-refractivity contribution in [3.8, 4) is 0 Å². The molecule has 5 heteroatoms. The molecule has 106 valence electrons. The summed E-state index contributed by atoms with van der Waals surface area (Å²) in [6, 6.07) is 15.0. The molecule has 0 bridgehead atoms. The third kappa shape index (κ3) is 3.28. The minimum atomic E-state index is -0.163. The lowest BCUT2D eigenvalue weighted by Crippen LogP contribution is -2.13. The third-order valence-corrected chi connectivity index (χ3v) is 5.50. The molecule has 2 nitrogen and oxygen atoms in total. The number of thioether (sulfide) groups is 1. The summed E-state index contributed by atoms with van der Waals surface area (Å²) in [5.74, 6) is 0.123. The summed E-state index contributed by atoms with van der Waals surface area (Å²) < 4.78 is 1.98. The van der Waals surface area contributed by atoms with Crippen LogP contribution in [0.2, 0.25) is 5.02 Å². The highest BCUT2D eigenvalue weighted by Crippen LogP contribution is 2.34.